The van der Waals surface area contributed by atoms with Gasteiger partial charge in [-0.1, -0.05) is 13.0 Å². The molecule has 3 N–H and O–H groups in total. The summed E-state index contributed by atoms with van der Waals surface area (Å²) in [6, 6.07) is 8.71. The van der Waals surface area contributed by atoms with Gasteiger partial charge in [0.25, 0.3) is 5.91 Å². The third-order valence-corrected chi connectivity index (χ3v) is 10.4. The molecule has 15 heteroatoms. The molecule has 12 nitrogen and oxygen atoms in total. The van der Waals surface area contributed by atoms with Crippen molar-refractivity contribution in [3.05, 3.63) is 76.9 Å². The zero-order valence-electron chi connectivity index (χ0n) is 28.8. The number of hydrogen-bond donors (Lipinski definition) is 3. The van der Waals surface area contributed by atoms with Gasteiger partial charge in [-0.05, 0) is 60.8 Å². The highest BCUT2D eigenvalue weighted by Crippen LogP contribution is 2.57. The number of likely N-dealkylation sites (N-methyl/N-ethyl adjacent to an activating group) is 2. The Morgan fingerprint density at radius 1 is 1.14 bits per heavy atom. The number of amides is 3. The van der Waals surface area contributed by atoms with E-state index in [1.807, 2.05) is 18.0 Å². The number of aliphatic hydroxyl groups is 1. The number of fused-ring (bicyclic) bond motifs is 3. The van der Waals surface area contributed by atoms with Gasteiger partial charge in [-0.3, -0.25) is 14.7 Å². The van der Waals surface area contributed by atoms with Crippen molar-refractivity contribution in [2.24, 2.45) is 5.92 Å². The summed E-state index contributed by atoms with van der Waals surface area (Å²) in [5, 5.41) is 12.5. The average Bonchev–Trinajstić information content (AvgIpc) is 3.50. The number of carbonyl (C=O) groups is 2. The number of anilines is 1. The number of pyridine rings is 2. The molecule has 3 amide bonds. The molecule has 3 aliphatic rings. The Bertz CT molecular complexity index is 1960. The Balaban J connectivity index is 1.10. The number of H-pyrrole nitrogens is 1. The maximum absolute atomic E-state index is 14.2. The lowest BCUT2D eigenvalue weighted by molar-refractivity contribution is -0.138. The average molecular weight is 707 g/mol. The normalized spacial score (nSPS) is 20.8. The monoisotopic (exact) mass is 706 g/mol. The summed E-state index contributed by atoms with van der Waals surface area (Å²) in [6.45, 7) is 5.87. The van der Waals surface area contributed by atoms with E-state index in [1.165, 1.54) is 11.0 Å². The van der Waals surface area contributed by atoms with Crippen molar-refractivity contribution >= 4 is 28.7 Å². The zero-order valence-corrected chi connectivity index (χ0v) is 28.8. The number of urea groups is 1. The molecular formula is C36H41F3N8O4. The highest BCUT2D eigenvalue weighted by molar-refractivity contribution is 5.98. The summed E-state index contributed by atoms with van der Waals surface area (Å²) >= 11 is 0. The Labute approximate surface area is 293 Å². The van der Waals surface area contributed by atoms with Crippen LogP contribution in [0.25, 0.3) is 11.0 Å². The van der Waals surface area contributed by atoms with Gasteiger partial charge < -0.3 is 34.8 Å². The third kappa shape index (κ3) is 6.97. The molecule has 0 bridgehead atoms. The van der Waals surface area contributed by atoms with Gasteiger partial charge >= 0.3 is 12.2 Å². The van der Waals surface area contributed by atoms with Crippen LogP contribution < -0.4 is 10.1 Å². The van der Waals surface area contributed by atoms with E-state index in [4.69, 9.17) is 9.72 Å². The molecule has 270 valence electrons. The maximum atomic E-state index is 14.2. The molecule has 1 spiro atoms. The second-order valence-electron chi connectivity index (χ2n) is 14.0. The number of halogens is 3. The van der Waals surface area contributed by atoms with Crippen LogP contribution in [-0.4, -0.2) is 112 Å². The van der Waals surface area contributed by atoms with E-state index >= 15 is 0 Å². The lowest BCUT2D eigenvalue weighted by Crippen LogP contribution is -2.45. The van der Waals surface area contributed by atoms with Crippen LogP contribution in [0, 0.1) is 5.92 Å². The molecule has 3 aromatic heterocycles. The Morgan fingerprint density at radius 3 is 2.61 bits per heavy atom. The molecule has 1 aliphatic carbocycles. The van der Waals surface area contributed by atoms with Crippen molar-refractivity contribution < 1.29 is 32.6 Å². The summed E-state index contributed by atoms with van der Waals surface area (Å²) in [5.74, 6) is 0.820. The first kappa shape index (κ1) is 34.7. The predicted molar refractivity (Wildman–Crippen MR) is 184 cm³/mol. The van der Waals surface area contributed by atoms with Crippen LogP contribution in [0.2, 0.25) is 0 Å². The number of aliphatic hydroxyl groups excluding tert-OH is 1. The second kappa shape index (κ2) is 13.4. The van der Waals surface area contributed by atoms with Crippen LogP contribution in [0.5, 0.6) is 11.5 Å². The fraction of sp³-hybridized carbons (Fsp3) is 0.444. The van der Waals surface area contributed by atoms with E-state index in [1.54, 1.807) is 42.5 Å². The molecule has 2 unspecified atom stereocenters. The molecule has 7 rings (SSSR count). The zero-order chi connectivity index (χ0) is 36.1. The summed E-state index contributed by atoms with van der Waals surface area (Å²) in [4.78, 5) is 45.8. The predicted octanol–water partition coefficient (Wildman–Crippen LogP) is 4.91. The number of alkyl halides is 3. The minimum Gasteiger partial charge on any atom is -0.455 e. The smallest absolute Gasteiger partial charge is 0.416 e. The van der Waals surface area contributed by atoms with Gasteiger partial charge in [0, 0.05) is 76.7 Å². The number of nitrogens with one attached hydrogen (secondary N) is 2. The van der Waals surface area contributed by atoms with Crippen LogP contribution in [0.4, 0.5) is 23.7 Å². The van der Waals surface area contributed by atoms with Crippen LogP contribution in [0.1, 0.15) is 46.2 Å². The highest BCUT2D eigenvalue weighted by Gasteiger charge is 2.57. The minimum atomic E-state index is -4.57. The first-order valence-electron chi connectivity index (χ1n) is 17.0. The van der Waals surface area contributed by atoms with Gasteiger partial charge in [-0.2, -0.15) is 13.2 Å². The Hall–Kier alpha value is -4.73. The standard InChI is InChI=1S/C36H41F3N8O4/c1-22-17-35(22)21-47(34(50)42-25-5-4-23(28(15-25)36(37,38)39)19-46-10-8-44(2)9-11-46)20-24-14-26(18-41-31(24)35)51-30-6-7-40-32-27(30)16-29(43-32)33(49)45(3)12-13-48/h4-7,14-16,18,22,48H,8-13,17,19-21H2,1-3H3,(H,40,43)(H,42,50). The van der Waals surface area contributed by atoms with Crippen molar-refractivity contribution in [2.75, 3.05) is 65.3 Å². The van der Waals surface area contributed by atoms with Crippen LogP contribution in [-0.2, 0) is 24.7 Å². The van der Waals surface area contributed by atoms with Crippen molar-refractivity contribution in [1.82, 2.24) is 34.6 Å². The topological polar surface area (TPSA) is 130 Å². The van der Waals surface area contributed by atoms with E-state index in [-0.39, 0.29) is 54.7 Å². The second-order valence-corrected chi connectivity index (χ2v) is 14.0. The molecule has 1 saturated heterocycles. The molecule has 4 aromatic rings. The number of carbonyl (C=O) groups excluding carboxylic acids is 2. The fourth-order valence-electron chi connectivity index (χ4n) is 7.27. The largest absolute Gasteiger partial charge is 0.455 e. The van der Waals surface area contributed by atoms with Crippen molar-refractivity contribution in [2.45, 2.75) is 38.0 Å². The fourth-order valence-corrected chi connectivity index (χ4v) is 7.27. The molecule has 1 saturated carbocycles. The molecule has 1 aromatic carbocycles. The van der Waals surface area contributed by atoms with E-state index in [9.17, 15) is 27.9 Å². The van der Waals surface area contributed by atoms with Crippen LogP contribution in [0.3, 0.4) is 0 Å². The Morgan fingerprint density at radius 2 is 1.90 bits per heavy atom. The van der Waals surface area contributed by atoms with Gasteiger partial charge in [0.2, 0.25) is 0 Å². The van der Waals surface area contributed by atoms with Crippen LogP contribution in [0.15, 0.2) is 48.8 Å². The quantitative estimate of drug-likeness (QED) is 0.236. The van der Waals surface area contributed by atoms with Gasteiger partial charge in [-0.25, -0.2) is 9.78 Å². The van der Waals surface area contributed by atoms with Crippen LogP contribution >= 0.6 is 0 Å². The van der Waals surface area contributed by atoms with E-state index < -0.39 is 17.8 Å². The lowest BCUT2D eigenvalue weighted by Gasteiger charge is -2.35. The number of aromatic nitrogens is 3. The summed E-state index contributed by atoms with van der Waals surface area (Å²) in [6.07, 6.45) is -0.548. The number of hydrogen-bond acceptors (Lipinski definition) is 8. The van der Waals surface area contributed by atoms with Gasteiger partial charge in [-0.15, -0.1) is 0 Å². The van der Waals surface area contributed by atoms with Crippen molar-refractivity contribution in [3.8, 4) is 11.5 Å². The molecule has 5 heterocycles. The highest BCUT2D eigenvalue weighted by atomic mass is 19.4. The van der Waals surface area contributed by atoms with E-state index in [0.29, 0.717) is 47.9 Å². The number of ether oxygens (including phenoxy) is 1. The first-order chi connectivity index (χ1) is 24.3. The van der Waals surface area contributed by atoms with Gasteiger partial charge in [0.05, 0.1) is 29.4 Å². The van der Waals surface area contributed by atoms with Gasteiger partial charge in [0.15, 0.2) is 0 Å². The number of piperazine rings is 1. The molecule has 2 aliphatic heterocycles. The molecule has 51 heavy (non-hydrogen) atoms. The molecule has 2 fully saturated rings. The number of aromatic amines is 1. The SMILES string of the molecule is CC1CC12CN(C(=O)Nc1ccc(CN3CCN(C)CC3)c(C(F)(F)F)c1)Cc1cc(Oc3ccnc4[nH]c(C(=O)N(C)CCO)cc34)cnc12. The van der Waals surface area contributed by atoms with E-state index in [2.05, 4.69) is 27.1 Å². The lowest BCUT2D eigenvalue weighted by atomic mass is 9.90. The van der Waals surface area contributed by atoms with E-state index in [0.717, 1.165) is 36.8 Å². The Kier molecular flexibility index (Phi) is 9.14. The number of rotatable bonds is 8. The van der Waals surface area contributed by atoms with Crippen molar-refractivity contribution in [3.63, 3.8) is 0 Å². The summed E-state index contributed by atoms with van der Waals surface area (Å²) in [5.41, 5.74) is 1.60. The maximum Gasteiger partial charge on any atom is 0.416 e. The molecular weight excluding hydrogens is 665 g/mol. The molecule has 0 radical (unpaired) electrons. The molecule has 2 atom stereocenters. The first-order valence-corrected chi connectivity index (χ1v) is 17.0. The summed E-state index contributed by atoms with van der Waals surface area (Å²) in [7, 11) is 3.59. The van der Waals surface area contributed by atoms with Crippen molar-refractivity contribution in [1.29, 1.82) is 0 Å². The number of nitrogens with zero attached hydrogens (tertiary/aromatic N) is 6. The third-order valence-electron chi connectivity index (χ3n) is 10.4. The van der Waals surface area contributed by atoms with Gasteiger partial charge in [0.1, 0.15) is 22.8 Å². The number of benzene rings is 1. The summed E-state index contributed by atoms with van der Waals surface area (Å²) < 4.78 is 49.0. The minimum absolute atomic E-state index is 0.0852.